The van der Waals surface area contributed by atoms with Gasteiger partial charge < -0.3 is 25.8 Å². The summed E-state index contributed by atoms with van der Waals surface area (Å²) in [5, 5.41) is 5.43. The molecule has 0 bridgehead atoms. The van der Waals surface area contributed by atoms with E-state index in [1.165, 1.54) is 0 Å². The summed E-state index contributed by atoms with van der Waals surface area (Å²) in [6, 6.07) is 11.9. The third-order valence-electron chi connectivity index (χ3n) is 3.78. The Balaban J connectivity index is 1.88. The molecule has 1 atom stereocenters. The second-order valence-corrected chi connectivity index (χ2v) is 6.36. The summed E-state index contributed by atoms with van der Waals surface area (Å²) in [5.41, 5.74) is 6.23. The molecule has 0 fully saturated rings. The highest BCUT2D eigenvalue weighted by atomic mass is 35.5. The van der Waals surface area contributed by atoms with Gasteiger partial charge in [0.15, 0.2) is 6.61 Å². The van der Waals surface area contributed by atoms with Gasteiger partial charge in [-0.1, -0.05) is 29.8 Å². The maximum Gasteiger partial charge on any atom is 0.312 e. The van der Waals surface area contributed by atoms with Gasteiger partial charge in [0.05, 0.1) is 19.1 Å². The third kappa shape index (κ3) is 7.34. The van der Waals surface area contributed by atoms with Crippen molar-refractivity contribution in [1.82, 2.24) is 5.32 Å². The van der Waals surface area contributed by atoms with Crippen molar-refractivity contribution in [2.24, 2.45) is 5.73 Å². The van der Waals surface area contributed by atoms with Gasteiger partial charge in [0.2, 0.25) is 0 Å². The number of anilines is 1. The number of benzene rings is 2. The minimum absolute atomic E-state index is 0.233. The molecule has 29 heavy (non-hydrogen) atoms. The molecule has 2 aromatic carbocycles. The van der Waals surface area contributed by atoms with E-state index in [9.17, 15) is 14.4 Å². The molecule has 2 aromatic rings. The van der Waals surface area contributed by atoms with Crippen LogP contribution in [0.15, 0.2) is 48.5 Å². The fraction of sp³-hybridized carbons (Fsp3) is 0.250. The summed E-state index contributed by atoms with van der Waals surface area (Å²) in [5.74, 6) is -0.505. The molecule has 0 aromatic heterocycles. The van der Waals surface area contributed by atoms with Crippen LogP contribution in [0.5, 0.6) is 5.75 Å². The molecule has 154 valence electrons. The molecule has 0 spiro atoms. The molecule has 3 amide bonds. The van der Waals surface area contributed by atoms with Crippen molar-refractivity contribution in [2.75, 3.05) is 18.5 Å². The van der Waals surface area contributed by atoms with Crippen molar-refractivity contribution in [3.63, 3.8) is 0 Å². The van der Waals surface area contributed by atoms with Crippen LogP contribution in [0.3, 0.4) is 0 Å². The van der Waals surface area contributed by atoms with Crippen molar-refractivity contribution in [3.05, 3.63) is 59.1 Å². The average molecular weight is 420 g/mol. The van der Waals surface area contributed by atoms with Crippen LogP contribution >= 0.6 is 11.6 Å². The van der Waals surface area contributed by atoms with E-state index in [-0.39, 0.29) is 6.42 Å². The Kier molecular flexibility index (Phi) is 8.29. The molecule has 4 N–H and O–H groups in total. The van der Waals surface area contributed by atoms with Crippen LogP contribution in [0.25, 0.3) is 0 Å². The van der Waals surface area contributed by atoms with E-state index >= 15 is 0 Å². The summed E-state index contributed by atoms with van der Waals surface area (Å²) in [6.07, 6.45) is -0.233. The molecular formula is C20H22ClN3O5. The second kappa shape index (κ2) is 10.9. The number of nitrogens with two attached hydrogens (primary N) is 1. The Labute approximate surface area is 173 Å². The van der Waals surface area contributed by atoms with Crippen molar-refractivity contribution in [2.45, 2.75) is 19.4 Å². The van der Waals surface area contributed by atoms with Gasteiger partial charge in [-0.25, -0.2) is 4.79 Å². The minimum atomic E-state index is -0.809. The predicted molar refractivity (Wildman–Crippen MR) is 109 cm³/mol. The number of nitrogens with one attached hydrogen (secondary N) is 2. The number of carbonyl (C=O) groups excluding carboxylic acids is 3. The molecule has 0 aliphatic heterocycles. The fourth-order valence-electron chi connectivity index (χ4n) is 2.54. The van der Waals surface area contributed by atoms with Gasteiger partial charge in [-0.3, -0.25) is 9.59 Å². The fourth-order valence-corrected chi connectivity index (χ4v) is 2.81. The van der Waals surface area contributed by atoms with E-state index in [1.807, 2.05) is 6.92 Å². The molecule has 0 heterocycles. The lowest BCUT2D eigenvalue weighted by Crippen LogP contribution is -2.35. The lowest BCUT2D eigenvalue weighted by atomic mass is 10.0. The van der Waals surface area contributed by atoms with Crippen LogP contribution in [0, 0.1) is 0 Å². The second-order valence-electron chi connectivity index (χ2n) is 5.95. The molecule has 9 heteroatoms. The van der Waals surface area contributed by atoms with E-state index in [0.29, 0.717) is 28.6 Å². The van der Waals surface area contributed by atoms with E-state index in [2.05, 4.69) is 10.6 Å². The Morgan fingerprint density at radius 1 is 1.10 bits per heavy atom. The van der Waals surface area contributed by atoms with Crippen molar-refractivity contribution >= 4 is 35.2 Å². The molecule has 0 saturated carbocycles. The summed E-state index contributed by atoms with van der Waals surface area (Å²) in [7, 11) is 0. The van der Waals surface area contributed by atoms with Crippen molar-refractivity contribution in [1.29, 1.82) is 0 Å². The number of halogens is 1. The van der Waals surface area contributed by atoms with Crippen LogP contribution in [0.1, 0.15) is 24.9 Å². The maximum atomic E-state index is 12.1. The Morgan fingerprint density at radius 3 is 2.41 bits per heavy atom. The number of carbonyl (C=O) groups is 3. The smallest absolute Gasteiger partial charge is 0.312 e. The highest BCUT2D eigenvalue weighted by molar-refractivity contribution is 6.31. The predicted octanol–water partition coefficient (Wildman–Crippen LogP) is 3.02. The minimum Gasteiger partial charge on any atom is -0.494 e. The van der Waals surface area contributed by atoms with Crippen molar-refractivity contribution in [3.8, 4) is 5.75 Å². The lowest BCUT2D eigenvalue weighted by molar-refractivity contribution is -0.147. The summed E-state index contributed by atoms with van der Waals surface area (Å²) >= 11 is 6.12. The number of hydrogen-bond donors (Lipinski definition) is 3. The van der Waals surface area contributed by atoms with Gasteiger partial charge in [-0.15, -0.1) is 0 Å². The first-order chi connectivity index (χ1) is 13.9. The zero-order chi connectivity index (χ0) is 21.2. The van der Waals surface area contributed by atoms with E-state index in [4.69, 9.17) is 26.8 Å². The van der Waals surface area contributed by atoms with Gasteiger partial charge in [0.25, 0.3) is 5.91 Å². The van der Waals surface area contributed by atoms with Crippen LogP contribution in [-0.2, 0) is 14.3 Å². The molecule has 0 radical (unpaired) electrons. The maximum absolute atomic E-state index is 12.1. The van der Waals surface area contributed by atoms with Crippen LogP contribution in [0.4, 0.5) is 10.5 Å². The summed E-state index contributed by atoms with van der Waals surface area (Å²) in [4.78, 5) is 35.4. The number of primary amides is 1. The van der Waals surface area contributed by atoms with Crippen LogP contribution in [0.2, 0.25) is 5.02 Å². The van der Waals surface area contributed by atoms with Crippen LogP contribution < -0.4 is 21.1 Å². The zero-order valence-corrected chi connectivity index (χ0v) is 16.6. The molecule has 0 unspecified atom stereocenters. The van der Waals surface area contributed by atoms with Gasteiger partial charge in [0, 0.05) is 10.7 Å². The first-order valence-electron chi connectivity index (χ1n) is 8.87. The SMILES string of the molecule is CCOc1ccc(NC(=O)COC(=O)C[C@@H](NC(N)=O)c2ccccc2Cl)cc1. The average Bonchev–Trinajstić information content (AvgIpc) is 2.68. The highest BCUT2D eigenvalue weighted by Gasteiger charge is 2.21. The third-order valence-corrected chi connectivity index (χ3v) is 4.13. The van der Waals surface area contributed by atoms with Gasteiger partial charge >= 0.3 is 12.0 Å². The van der Waals surface area contributed by atoms with Crippen molar-refractivity contribution < 1.29 is 23.9 Å². The first-order valence-corrected chi connectivity index (χ1v) is 9.25. The molecular weight excluding hydrogens is 398 g/mol. The monoisotopic (exact) mass is 419 g/mol. The lowest BCUT2D eigenvalue weighted by Gasteiger charge is -2.18. The van der Waals surface area contributed by atoms with Gasteiger partial charge in [0.1, 0.15) is 5.75 Å². The Morgan fingerprint density at radius 2 is 1.79 bits per heavy atom. The molecule has 8 nitrogen and oxygen atoms in total. The Bertz CT molecular complexity index is 857. The topological polar surface area (TPSA) is 120 Å². The van der Waals surface area contributed by atoms with E-state index in [1.54, 1.807) is 48.5 Å². The molecule has 0 aliphatic rings. The Hall–Kier alpha value is -3.26. The largest absolute Gasteiger partial charge is 0.494 e. The van der Waals surface area contributed by atoms with Gasteiger partial charge in [-0.05, 0) is 42.8 Å². The number of amides is 3. The number of urea groups is 1. The molecule has 2 rings (SSSR count). The summed E-state index contributed by atoms with van der Waals surface area (Å²) in [6.45, 7) is 1.94. The zero-order valence-electron chi connectivity index (χ0n) is 15.8. The number of ether oxygens (including phenoxy) is 2. The van der Waals surface area contributed by atoms with E-state index in [0.717, 1.165) is 0 Å². The first kappa shape index (κ1) is 22.0. The number of rotatable bonds is 9. The number of hydrogen-bond acceptors (Lipinski definition) is 5. The van der Waals surface area contributed by atoms with Gasteiger partial charge in [-0.2, -0.15) is 0 Å². The van der Waals surface area contributed by atoms with E-state index < -0.39 is 30.6 Å². The van der Waals surface area contributed by atoms with Crippen LogP contribution in [-0.4, -0.2) is 31.1 Å². The standard InChI is InChI=1S/C20H22ClN3O5/c1-2-28-14-9-7-13(8-10-14)23-18(25)12-29-19(26)11-17(24-20(22)27)15-5-3-4-6-16(15)21/h3-10,17H,2,11-12H2,1H3,(H,23,25)(H3,22,24,27)/t17-/m1/s1. The summed E-state index contributed by atoms with van der Waals surface area (Å²) < 4.78 is 10.3. The normalized spacial score (nSPS) is 11.2. The molecule has 0 saturated heterocycles. The molecule has 0 aliphatic carbocycles. The number of esters is 1. The highest BCUT2D eigenvalue weighted by Crippen LogP contribution is 2.25. The quantitative estimate of drug-likeness (QED) is 0.539.